The molecule has 0 amide bonds. The lowest BCUT2D eigenvalue weighted by Crippen LogP contribution is -2.35. The van der Waals surface area contributed by atoms with Gasteiger partial charge in [-0.05, 0) is 63.0 Å². The average molecular weight is 248 g/mol. The molecule has 0 radical (unpaired) electrons. The lowest BCUT2D eigenvalue weighted by molar-refractivity contribution is 0.217. The number of methoxy groups -OCH3 is 1. The maximum Gasteiger partial charge on any atom is 0.119 e. The predicted octanol–water partition coefficient (Wildman–Crippen LogP) is 2.76. The summed E-state index contributed by atoms with van der Waals surface area (Å²) in [4.78, 5) is 2.43. The summed E-state index contributed by atoms with van der Waals surface area (Å²) in [6.07, 6.45) is 2.66. The molecule has 0 spiro atoms. The van der Waals surface area contributed by atoms with Crippen molar-refractivity contribution in [3.05, 3.63) is 23.8 Å². The molecule has 0 aromatic heterocycles. The average Bonchev–Trinajstić information content (AvgIpc) is 2.37. The highest BCUT2D eigenvalue weighted by Gasteiger charge is 2.16. The van der Waals surface area contributed by atoms with Gasteiger partial charge in [0, 0.05) is 18.8 Å². The molecule has 1 saturated heterocycles. The zero-order chi connectivity index (χ0) is 13.0. The molecule has 18 heavy (non-hydrogen) atoms. The maximum absolute atomic E-state index is 5.22. The standard InChI is InChI=1S/C15H24N2O/c1-12-9-14(18-3)6-7-15(12)16-10-13-5-4-8-17(2)11-13/h6-7,9,13,16H,4-5,8,10-11H2,1-3H3. The Morgan fingerprint density at radius 3 is 2.94 bits per heavy atom. The molecule has 0 bridgehead atoms. The van der Waals surface area contributed by atoms with Crippen LogP contribution < -0.4 is 10.1 Å². The number of nitrogens with one attached hydrogen (secondary N) is 1. The first kappa shape index (κ1) is 13.2. The fourth-order valence-electron chi connectivity index (χ4n) is 2.66. The van der Waals surface area contributed by atoms with Crippen molar-refractivity contribution in [3.8, 4) is 5.75 Å². The van der Waals surface area contributed by atoms with Crippen molar-refractivity contribution in [2.75, 3.05) is 39.1 Å². The number of anilines is 1. The monoisotopic (exact) mass is 248 g/mol. The summed E-state index contributed by atoms with van der Waals surface area (Å²) in [5.74, 6) is 1.70. The van der Waals surface area contributed by atoms with E-state index in [-0.39, 0.29) is 0 Å². The summed E-state index contributed by atoms with van der Waals surface area (Å²) in [6, 6.07) is 6.21. The third-order valence-corrected chi connectivity index (χ3v) is 3.74. The van der Waals surface area contributed by atoms with Crippen LogP contribution in [0, 0.1) is 12.8 Å². The number of piperidine rings is 1. The van der Waals surface area contributed by atoms with Crippen LogP contribution in [0.2, 0.25) is 0 Å². The molecule has 1 N–H and O–H groups in total. The van der Waals surface area contributed by atoms with Gasteiger partial charge < -0.3 is 15.0 Å². The number of ether oxygens (including phenoxy) is 1. The minimum Gasteiger partial charge on any atom is -0.497 e. The Bertz CT molecular complexity index is 392. The number of benzene rings is 1. The van der Waals surface area contributed by atoms with Gasteiger partial charge in [-0.15, -0.1) is 0 Å². The molecule has 1 atom stereocenters. The Morgan fingerprint density at radius 1 is 1.44 bits per heavy atom. The van der Waals surface area contributed by atoms with Gasteiger partial charge >= 0.3 is 0 Å². The second-order valence-corrected chi connectivity index (χ2v) is 5.33. The van der Waals surface area contributed by atoms with Crippen LogP contribution in [0.25, 0.3) is 0 Å². The SMILES string of the molecule is COc1ccc(NCC2CCCN(C)C2)c(C)c1. The number of likely N-dealkylation sites (tertiary alicyclic amines) is 1. The highest BCUT2D eigenvalue weighted by Crippen LogP contribution is 2.22. The molecular formula is C15H24N2O. The molecule has 1 aromatic rings. The van der Waals surface area contributed by atoms with E-state index in [0.717, 1.165) is 18.2 Å². The van der Waals surface area contributed by atoms with Crippen LogP contribution in [0.4, 0.5) is 5.69 Å². The molecule has 3 heteroatoms. The molecule has 1 aliphatic heterocycles. The topological polar surface area (TPSA) is 24.5 Å². The maximum atomic E-state index is 5.22. The first-order chi connectivity index (χ1) is 8.69. The van der Waals surface area contributed by atoms with Crippen molar-refractivity contribution in [3.63, 3.8) is 0 Å². The van der Waals surface area contributed by atoms with Gasteiger partial charge in [0.05, 0.1) is 7.11 Å². The molecule has 1 aliphatic rings. The molecule has 3 nitrogen and oxygen atoms in total. The predicted molar refractivity (Wildman–Crippen MR) is 76.4 cm³/mol. The Morgan fingerprint density at radius 2 is 2.28 bits per heavy atom. The van der Waals surface area contributed by atoms with Crippen molar-refractivity contribution in [1.82, 2.24) is 4.90 Å². The lowest BCUT2D eigenvalue weighted by atomic mass is 9.98. The van der Waals surface area contributed by atoms with Crippen LogP contribution in [-0.4, -0.2) is 38.7 Å². The number of rotatable bonds is 4. The molecule has 1 aromatic carbocycles. The van der Waals surface area contributed by atoms with Crippen LogP contribution in [0.1, 0.15) is 18.4 Å². The van der Waals surface area contributed by atoms with Gasteiger partial charge in [0.15, 0.2) is 0 Å². The van der Waals surface area contributed by atoms with E-state index < -0.39 is 0 Å². The minimum atomic E-state index is 0.769. The Kier molecular flexibility index (Phi) is 4.48. The minimum absolute atomic E-state index is 0.769. The number of nitrogens with zero attached hydrogens (tertiary/aromatic N) is 1. The fourth-order valence-corrected chi connectivity index (χ4v) is 2.66. The molecular weight excluding hydrogens is 224 g/mol. The van der Waals surface area contributed by atoms with Gasteiger partial charge in [-0.25, -0.2) is 0 Å². The molecule has 2 rings (SSSR count). The summed E-state index contributed by atoms with van der Waals surface area (Å²) in [6.45, 7) is 5.65. The molecule has 0 aliphatic carbocycles. The van der Waals surface area contributed by atoms with Crippen molar-refractivity contribution in [2.45, 2.75) is 19.8 Å². The zero-order valence-electron chi connectivity index (χ0n) is 11.7. The van der Waals surface area contributed by atoms with E-state index in [0.29, 0.717) is 0 Å². The molecule has 1 heterocycles. The van der Waals surface area contributed by atoms with Gasteiger partial charge in [0.25, 0.3) is 0 Å². The third kappa shape index (κ3) is 3.39. The van der Waals surface area contributed by atoms with Crippen LogP contribution in [0.15, 0.2) is 18.2 Å². The summed E-state index contributed by atoms with van der Waals surface area (Å²) in [5, 5.41) is 3.57. The van der Waals surface area contributed by atoms with E-state index in [9.17, 15) is 0 Å². The molecule has 100 valence electrons. The van der Waals surface area contributed by atoms with E-state index in [1.165, 1.54) is 37.2 Å². The number of hydrogen-bond acceptors (Lipinski definition) is 3. The van der Waals surface area contributed by atoms with Crippen molar-refractivity contribution < 1.29 is 4.74 Å². The number of aryl methyl sites for hydroxylation is 1. The molecule has 1 fully saturated rings. The first-order valence-electron chi connectivity index (χ1n) is 6.76. The van der Waals surface area contributed by atoms with E-state index >= 15 is 0 Å². The highest BCUT2D eigenvalue weighted by molar-refractivity contribution is 5.53. The lowest BCUT2D eigenvalue weighted by Gasteiger charge is -2.30. The van der Waals surface area contributed by atoms with Crippen LogP contribution in [0.5, 0.6) is 5.75 Å². The summed E-state index contributed by atoms with van der Waals surface area (Å²) < 4.78 is 5.22. The van der Waals surface area contributed by atoms with E-state index in [4.69, 9.17) is 4.74 Å². The quantitative estimate of drug-likeness (QED) is 0.886. The van der Waals surface area contributed by atoms with Crippen LogP contribution in [0.3, 0.4) is 0 Å². The van der Waals surface area contributed by atoms with Crippen molar-refractivity contribution in [2.24, 2.45) is 5.92 Å². The summed E-state index contributed by atoms with van der Waals surface area (Å²) in [7, 11) is 3.92. The molecule has 0 saturated carbocycles. The zero-order valence-corrected chi connectivity index (χ0v) is 11.7. The van der Waals surface area contributed by atoms with E-state index in [2.05, 4.69) is 36.3 Å². The second kappa shape index (κ2) is 6.10. The van der Waals surface area contributed by atoms with Crippen LogP contribution >= 0.6 is 0 Å². The van der Waals surface area contributed by atoms with Gasteiger partial charge in [-0.1, -0.05) is 0 Å². The van der Waals surface area contributed by atoms with Crippen LogP contribution in [-0.2, 0) is 0 Å². The van der Waals surface area contributed by atoms with Gasteiger partial charge in [-0.3, -0.25) is 0 Å². The highest BCUT2D eigenvalue weighted by atomic mass is 16.5. The van der Waals surface area contributed by atoms with E-state index in [1.54, 1.807) is 7.11 Å². The molecule has 1 unspecified atom stereocenters. The normalized spacial score (nSPS) is 20.7. The Hall–Kier alpha value is -1.22. The number of hydrogen-bond donors (Lipinski definition) is 1. The largest absolute Gasteiger partial charge is 0.497 e. The second-order valence-electron chi connectivity index (χ2n) is 5.33. The van der Waals surface area contributed by atoms with E-state index in [1.807, 2.05) is 6.07 Å². The summed E-state index contributed by atoms with van der Waals surface area (Å²) >= 11 is 0. The Balaban J connectivity index is 1.89. The van der Waals surface area contributed by atoms with Crippen molar-refractivity contribution in [1.29, 1.82) is 0 Å². The smallest absolute Gasteiger partial charge is 0.119 e. The third-order valence-electron chi connectivity index (χ3n) is 3.74. The van der Waals surface area contributed by atoms with Gasteiger partial charge in [0.1, 0.15) is 5.75 Å². The van der Waals surface area contributed by atoms with Gasteiger partial charge in [0.2, 0.25) is 0 Å². The van der Waals surface area contributed by atoms with Crippen molar-refractivity contribution >= 4 is 5.69 Å². The fraction of sp³-hybridized carbons (Fsp3) is 0.600. The Labute approximate surface area is 110 Å². The summed E-state index contributed by atoms with van der Waals surface area (Å²) in [5.41, 5.74) is 2.47. The van der Waals surface area contributed by atoms with Gasteiger partial charge in [-0.2, -0.15) is 0 Å². The first-order valence-corrected chi connectivity index (χ1v) is 6.76.